The van der Waals surface area contributed by atoms with Gasteiger partial charge in [-0.2, -0.15) is 17.5 Å². The molecular weight excluding hydrogens is 417 g/mol. The second-order valence-corrected chi connectivity index (χ2v) is 9.46. The third-order valence-corrected chi connectivity index (χ3v) is 7.67. The Morgan fingerprint density at radius 2 is 1.83 bits per heavy atom. The molecule has 1 fully saturated rings. The van der Waals surface area contributed by atoms with Crippen LogP contribution < -0.4 is 4.90 Å². The Morgan fingerprint density at radius 3 is 2.53 bits per heavy atom. The molecule has 0 spiro atoms. The first-order chi connectivity index (χ1) is 14.1. The molecule has 160 valence electrons. The lowest BCUT2D eigenvalue weighted by Gasteiger charge is -2.27. The van der Waals surface area contributed by atoms with E-state index < -0.39 is 27.8 Å². The van der Waals surface area contributed by atoms with Crippen LogP contribution in [-0.2, 0) is 27.4 Å². The minimum atomic E-state index is -4.56. The molecule has 30 heavy (non-hydrogen) atoms. The predicted molar refractivity (Wildman–Crippen MR) is 105 cm³/mol. The van der Waals surface area contributed by atoms with Crippen LogP contribution in [0, 0.1) is 0 Å². The Bertz CT molecular complexity index is 1100. The largest absolute Gasteiger partial charge is 0.416 e. The summed E-state index contributed by atoms with van der Waals surface area (Å²) >= 11 is 0. The molecule has 1 unspecified atom stereocenters. The van der Waals surface area contributed by atoms with Crippen molar-refractivity contribution in [2.45, 2.75) is 43.3 Å². The lowest BCUT2D eigenvalue weighted by atomic mass is 9.99. The van der Waals surface area contributed by atoms with Gasteiger partial charge in [-0.05, 0) is 54.7 Å². The number of benzene rings is 2. The molecular formula is C21H21F3N2O3S. The maximum atomic E-state index is 13.5. The second-order valence-electron chi connectivity index (χ2n) is 7.57. The second kappa shape index (κ2) is 7.39. The molecule has 0 radical (unpaired) electrons. The van der Waals surface area contributed by atoms with Crippen LogP contribution in [0.2, 0.25) is 0 Å². The van der Waals surface area contributed by atoms with Gasteiger partial charge < -0.3 is 4.90 Å². The van der Waals surface area contributed by atoms with E-state index in [4.69, 9.17) is 0 Å². The number of halogens is 3. The van der Waals surface area contributed by atoms with E-state index in [1.165, 1.54) is 35.5 Å². The van der Waals surface area contributed by atoms with Crippen molar-refractivity contribution in [3.05, 3.63) is 59.2 Å². The first-order valence-corrected chi connectivity index (χ1v) is 11.1. The van der Waals surface area contributed by atoms with Crippen LogP contribution in [0.3, 0.4) is 0 Å². The van der Waals surface area contributed by atoms with Crippen LogP contribution in [0.4, 0.5) is 18.9 Å². The molecule has 5 nitrogen and oxygen atoms in total. The summed E-state index contributed by atoms with van der Waals surface area (Å²) in [7, 11) is -4.00. The third kappa shape index (κ3) is 3.50. The number of amides is 1. The molecule has 2 aliphatic heterocycles. The highest BCUT2D eigenvalue weighted by molar-refractivity contribution is 7.89. The van der Waals surface area contributed by atoms with Gasteiger partial charge in [0.25, 0.3) is 0 Å². The fraction of sp³-hybridized carbons (Fsp3) is 0.381. The first-order valence-electron chi connectivity index (χ1n) is 9.69. The van der Waals surface area contributed by atoms with Crippen molar-refractivity contribution < 1.29 is 26.4 Å². The van der Waals surface area contributed by atoms with Gasteiger partial charge in [-0.3, -0.25) is 4.79 Å². The summed E-state index contributed by atoms with van der Waals surface area (Å²) in [6.45, 7) is 2.10. The van der Waals surface area contributed by atoms with E-state index in [9.17, 15) is 26.4 Å². The van der Waals surface area contributed by atoms with Crippen molar-refractivity contribution in [2.24, 2.45) is 0 Å². The van der Waals surface area contributed by atoms with Gasteiger partial charge in [-0.1, -0.05) is 18.2 Å². The standard InChI is InChI=1S/C21H21F3N2O3S/c1-14(27)25-12-10-15-13-16(8-9-19(15)25)30(28,29)26-11-4-7-20(26)17-5-2-3-6-18(17)21(22,23)24/h2-3,5-6,8-9,13,20H,4,7,10-12H2,1H3. The Balaban J connectivity index is 1.71. The van der Waals surface area contributed by atoms with Crippen LogP contribution in [0.25, 0.3) is 0 Å². The SMILES string of the molecule is CC(=O)N1CCc2cc(S(=O)(=O)N3CCCC3c3ccccc3C(F)(F)F)ccc21. The highest BCUT2D eigenvalue weighted by atomic mass is 32.2. The Morgan fingerprint density at radius 1 is 1.10 bits per heavy atom. The van der Waals surface area contributed by atoms with Crippen LogP contribution >= 0.6 is 0 Å². The Labute approximate surface area is 173 Å². The summed E-state index contributed by atoms with van der Waals surface area (Å²) in [6, 6.07) is 8.86. The van der Waals surface area contributed by atoms with Crippen LogP contribution in [-0.4, -0.2) is 31.7 Å². The van der Waals surface area contributed by atoms with Gasteiger partial charge in [0.2, 0.25) is 15.9 Å². The van der Waals surface area contributed by atoms with E-state index in [0.717, 1.165) is 11.6 Å². The number of hydrogen-bond acceptors (Lipinski definition) is 3. The Hall–Kier alpha value is -2.39. The van der Waals surface area contributed by atoms with Gasteiger partial charge in [0.05, 0.1) is 16.5 Å². The molecule has 2 heterocycles. The molecule has 1 atom stereocenters. The number of rotatable bonds is 3. The number of alkyl halides is 3. The predicted octanol–water partition coefficient (Wildman–Crippen LogP) is 4.14. The van der Waals surface area contributed by atoms with Crippen molar-refractivity contribution in [1.82, 2.24) is 4.31 Å². The summed E-state index contributed by atoms with van der Waals surface area (Å²) in [6.07, 6.45) is -3.20. The molecule has 0 aromatic heterocycles. The number of anilines is 1. The number of carbonyl (C=O) groups is 1. The minimum absolute atomic E-state index is 0.0185. The Kier molecular flexibility index (Phi) is 5.14. The molecule has 0 bridgehead atoms. The van der Waals surface area contributed by atoms with E-state index in [2.05, 4.69) is 0 Å². The average Bonchev–Trinajstić information content (AvgIpc) is 3.34. The van der Waals surface area contributed by atoms with Gasteiger partial charge in [-0.15, -0.1) is 0 Å². The maximum absolute atomic E-state index is 13.5. The molecule has 1 amide bonds. The van der Waals surface area contributed by atoms with Crippen molar-refractivity contribution in [3.63, 3.8) is 0 Å². The molecule has 1 saturated heterocycles. The zero-order valence-electron chi connectivity index (χ0n) is 16.3. The zero-order chi connectivity index (χ0) is 21.7. The van der Waals surface area contributed by atoms with Crippen molar-refractivity contribution in [1.29, 1.82) is 0 Å². The van der Waals surface area contributed by atoms with E-state index >= 15 is 0 Å². The third-order valence-electron chi connectivity index (χ3n) is 5.76. The molecule has 0 aliphatic carbocycles. The van der Waals surface area contributed by atoms with Gasteiger partial charge >= 0.3 is 6.18 Å². The van der Waals surface area contributed by atoms with E-state index in [-0.39, 0.29) is 22.9 Å². The van der Waals surface area contributed by atoms with Crippen LogP contribution in [0.15, 0.2) is 47.4 Å². The van der Waals surface area contributed by atoms with E-state index in [1.54, 1.807) is 17.0 Å². The van der Waals surface area contributed by atoms with Crippen molar-refractivity contribution in [2.75, 3.05) is 18.0 Å². The summed E-state index contributed by atoms with van der Waals surface area (Å²) in [5, 5.41) is 0. The number of hydrogen-bond donors (Lipinski definition) is 0. The molecule has 2 aromatic rings. The number of fused-ring (bicyclic) bond motifs is 1. The van der Waals surface area contributed by atoms with Gasteiger partial charge in [-0.25, -0.2) is 8.42 Å². The highest BCUT2D eigenvalue weighted by Gasteiger charge is 2.42. The van der Waals surface area contributed by atoms with Crippen molar-refractivity contribution >= 4 is 21.6 Å². The normalized spacial score (nSPS) is 19.9. The highest BCUT2D eigenvalue weighted by Crippen LogP contribution is 2.43. The van der Waals surface area contributed by atoms with E-state index in [0.29, 0.717) is 31.5 Å². The number of carbonyl (C=O) groups excluding carboxylic acids is 1. The average molecular weight is 438 g/mol. The molecule has 0 N–H and O–H groups in total. The molecule has 2 aliphatic rings. The fourth-order valence-electron chi connectivity index (χ4n) is 4.39. The number of sulfonamides is 1. The van der Waals surface area contributed by atoms with Crippen LogP contribution in [0.1, 0.15) is 42.5 Å². The van der Waals surface area contributed by atoms with Gasteiger partial charge in [0, 0.05) is 25.7 Å². The summed E-state index contributed by atoms with van der Waals surface area (Å²) in [5.74, 6) is -0.118. The van der Waals surface area contributed by atoms with Crippen LogP contribution in [0.5, 0.6) is 0 Å². The van der Waals surface area contributed by atoms with Gasteiger partial charge in [0.15, 0.2) is 0 Å². The summed E-state index contributed by atoms with van der Waals surface area (Å²) in [4.78, 5) is 13.4. The first kappa shape index (κ1) is 20.9. The lowest BCUT2D eigenvalue weighted by Crippen LogP contribution is -2.32. The minimum Gasteiger partial charge on any atom is -0.312 e. The van der Waals surface area contributed by atoms with Crippen molar-refractivity contribution in [3.8, 4) is 0 Å². The molecule has 4 rings (SSSR count). The van der Waals surface area contributed by atoms with Gasteiger partial charge in [0.1, 0.15) is 0 Å². The molecule has 9 heteroatoms. The molecule has 2 aromatic carbocycles. The topological polar surface area (TPSA) is 57.7 Å². The van der Waals surface area contributed by atoms with E-state index in [1.807, 2.05) is 0 Å². The lowest BCUT2D eigenvalue weighted by molar-refractivity contribution is -0.138. The smallest absolute Gasteiger partial charge is 0.312 e. The molecule has 0 saturated carbocycles. The monoisotopic (exact) mass is 438 g/mol. The summed E-state index contributed by atoms with van der Waals surface area (Å²) in [5.41, 5.74) is 0.609. The number of nitrogens with zero attached hydrogens (tertiary/aromatic N) is 2. The maximum Gasteiger partial charge on any atom is 0.416 e. The zero-order valence-corrected chi connectivity index (χ0v) is 17.1. The fourth-order valence-corrected chi connectivity index (χ4v) is 6.11. The quantitative estimate of drug-likeness (QED) is 0.724. The summed E-state index contributed by atoms with van der Waals surface area (Å²) < 4.78 is 68.4.